The van der Waals surface area contributed by atoms with E-state index in [9.17, 15) is 29.1 Å². The molecule has 40 heavy (non-hydrogen) atoms. The van der Waals surface area contributed by atoms with Crippen LogP contribution >= 0.6 is 23.2 Å². The van der Waals surface area contributed by atoms with Gasteiger partial charge in [-0.3, -0.25) is 14.2 Å². The lowest BCUT2D eigenvalue weighted by atomic mass is 9.94. The molecule has 2 aromatic rings. The van der Waals surface area contributed by atoms with Crippen LogP contribution in [0.1, 0.15) is 42.5 Å². The monoisotopic (exact) mass is 592 g/mol. The molecule has 1 aromatic heterocycles. The normalized spacial score (nSPS) is 16.8. The summed E-state index contributed by atoms with van der Waals surface area (Å²) in [5.41, 5.74) is -0.814. The van der Waals surface area contributed by atoms with Gasteiger partial charge in [0.15, 0.2) is 0 Å². The second-order valence-corrected chi connectivity index (χ2v) is 10.6. The van der Waals surface area contributed by atoms with Crippen molar-refractivity contribution < 1.29 is 24.3 Å². The Kier molecular flexibility index (Phi) is 9.64. The molecule has 1 atom stereocenters. The maximum atomic E-state index is 12.8. The second kappa shape index (κ2) is 13.1. The third-order valence-electron chi connectivity index (χ3n) is 7.08. The second-order valence-electron chi connectivity index (χ2n) is 9.79. The summed E-state index contributed by atoms with van der Waals surface area (Å²) < 4.78 is 1.01. The zero-order valence-corrected chi connectivity index (χ0v) is 23.2. The van der Waals surface area contributed by atoms with Crippen LogP contribution in [0.4, 0.5) is 10.6 Å². The van der Waals surface area contributed by atoms with E-state index in [2.05, 4.69) is 15.6 Å². The number of amides is 4. The summed E-state index contributed by atoms with van der Waals surface area (Å²) in [6.45, 7) is 1.82. The van der Waals surface area contributed by atoms with Gasteiger partial charge in [-0.2, -0.15) is 4.98 Å². The number of nitrogens with one attached hydrogen (secondary N) is 2. The number of piperidine rings is 2. The van der Waals surface area contributed by atoms with E-state index in [1.807, 2.05) is 4.90 Å². The number of anilines is 1. The van der Waals surface area contributed by atoms with E-state index >= 15 is 0 Å². The van der Waals surface area contributed by atoms with E-state index in [1.54, 1.807) is 6.07 Å². The first-order chi connectivity index (χ1) is 19.1. The van der Waals surface area contributed by atoms with Gasteiger partial charge < -0.3 is 25.5 Å². The van der Waals surface area contributed by atoms with Crippen LogP contribution in [0.2, 0.25) is 10.0 Å². The van der Waals surface area contributed by atoms with Gasteiger partial charge in [-0.25, -0.2) is 14.4 Å². The molecule has 0 aliphatic carbocycles. The lowest BCUT2D eigenvalue weighted by Crippen LogP contribution is -2.53. The first-order valence-electron chi connectivity index (χ1n) is 13.0. The van der Waals surface area contributed by atoms with Gasteiger partial charge in [0, 0.05) is 38.3 Å². The lowest BCUT2D eigenvalue weighted by molar-refractivity contribution is -0.139. The lowest BCUT2D eigenvalue weighted by Gasteiger charge is -2.35. The van der Waals surface area contributed by atoms with E-state index in [0.29, 0.717) is 25.9 Å². The smallest absolute Gasteiger partial charge is 0.349 e. The van der Waals surface area contributed by atoms with Crippen molar-refractivity contribution in [3.63, 3.8) is 0 Å². The Morgan fingerprint density at radius 1 is 0.975 bits per heavy atom. The Bertz CT molecular complexity index is 1320. The summed E-state index contributed by atoms with van der Waals surface area (Å²) in [4.78, 5) is 69.7. The number of benzene rings is 1. The van der Waals surface area contributed by atoms with Gasteiger partial charge in [0.1, 0.15) is 11.9 Å². The molecule has 14 heteroatoms. The molecular formula is C26H30Cl2N6O6. The Morgan fingerprint density at radius 3 is 2.23 bits per heavy atom. The number of carbonyl (C=O) groups excluding carboxylic acids is 3. The Balaban J connectivity index is 1.33. The number of hydrogen-bond acceptors (Lipinski definition) is 6. The Labute approximate surface area is 240 Å². The van der Waals surface area contributed by atoms with E-state index in [-0.39, 0.29) is 39.8 Å². The van der Waals surface area contributed by atoms with Crippen molar-refractivity contribution in [1.82, 2.24) is 24.7 Å². The van der Waals surface area contributed by atoms with Crippen LogP contribution in [-0.2, 0) is 16.1 Å². The minimum atomic E-state index is -1.41. The van der Waals surface area contributed by atoms with Gasteiger partial charge in [-0.05, 0) is 50.3 Å². The number of aromatic nitrogens is 2. The molecule has 2 fully saturated rings. The van der Waals surface area contributed by atoms with Gasteiger partial charge in [0.05, 0.1) is 22.2 Å². The van der Waals surface area contributed by atoms with Gasteiger partial charge in [-0.1, -0.05) is 29.3 Å². The third kappa shape index (κ3) is 7.11. The topological polar surface area (TPSA) is 154 Å². The molecule has 2 aliphatic heterocycles. The highest BCUT2D eigenvalue weighted by atomic mass is 35.5. The zero-order valence-electron chi connectivity index (χ0n) is 21.6. The van der Waals surface area contributed by atoms with Gasteiger partial charge in [0.25, 0.3) is 5.91 Å². The summed E-state index contributed by atoms with van der Waals surface area (Å²) in [6, 6.07) is 3.88. The number of halogens is 2. The minimum absolute atomic E-state index is 0.0189. The number of urea groups is 1. The van der Waals surface area contributed by atoms with Crippen molar-refractivity contribution in [3.8, 4) is 0 Å². The molecular weight excluding hydrogens is 563 g/mol. The van der Waals surface area contributed by atoms with Crippen LogP contribution in [-0.4, -0.2) is 80.5 Å². The van der Waals surface area contributed by atoms with Crippen LogP contribution in [0.3, 0.4) is 0 Å². The van der Waals surface area contributed by atoms with Crippen LogP contribution in [0, 0.1) is 5.92 Å². The van der Waals surface area contributed by atoms with Gasteiger partial charge >= 0.3 is 17.7 Å². The molecule has 214 valence electrons. The molecule has 0 radical (unpaired) electrons. The maximum absolute atomic E-state index is 12.8. The van der Waals surface area contributed by atoms with Gasteiger partial charge in [-0.15, -0.1) is 0 Å². The summed E-state index contributed by atoms with van der Waals surface area (Å²) in [5.74, 6) is -2.10. The fourth-order valence-corrected chi connectivity index (χ4v) is 5.42. The first kappa shape index (κ1) is 29.3. The molecule has 3 heterocycles. The first-order valence-corrected chi connectivity index (χ1v) is 13.8. The SMILES string of the molecule is O=C(Nc1ccn(C[C@H](NC(=O)N2CCC(C(=O)N3CCCCC3)CC2)C(=O)O)c(=O)n1)c1c(Cl)cccc1Cl. The molecule has 0 spiro atoms. The van der Waals surface area contributed by atoms with E-state index in [0.717, 1.165) is 36.9 Å². The van der Waals surface area contributed by atoms with Crippen LogP contribution in [0.25, 0.3) is 0 Å². The van der Waals surface area contributed by atoms with E-state index < -0.39 is 29.6 Å². The molecule has 0 unspecified atom stereocenters. The van der Waals surface area contributed by atoms with Crippen molar-refractivity contribution in [1.29, 1.82) is 0 Å². The maximum Gasteiger partial charge on any atom is 0.349 e. The molecule has 12 nitrogen and oxygen atoms in total. The number of hydrogen-bond donors (Lipinski definition) is 3. The summed E-state index contributed by atoms with van der Waals surface area (Å²) in [5, 5.41) is 14.8. The molecule has 2 aliphatic rings. The minimum Gasteiger partial charge on any atom is -0.480 e. The van der Waals surface area contributed by atoms with Crippen molar-refractivity contribution in [2.45, 2.75) is 44.7 Å². The fourth-order valence-electron chi connectivity index (χ4n) is 4.86. The molecule has 4 rings (SSSR count). The molecule has 3 N–H and O–H groups in total. The number of carboxylic acid groups (broad SMARTS) is 1. The molecule has 0 saturated carbocycles. The van der Waals surface area contributed by atoms with E-state index in [1.165, 1.54) is 29.3 Å². The van der Waals surface area contributed by atoms with Crippen molar-refractivity contribution in [2.24, 2.45) is 5.92 Å². The quantitative estimate of drug-likeness (QED) is 0.446. The Morgan fingerprint density at radius 2 is 1.62 bits per heavy atom. The molecule has 2 saturated heterocycles. The highest BCUT2D eigenvalue weighted by Gasteiger charge is 2.32. The van der Waals surface area contributed by atoms with Crippen LogP contribution in [0.5, 0.6) is 0 Å². The molecule has 1 aromatic carbocycles. The zero-order chi connectivity index (χ0) is 28.8. The van der Waals surface area contributed by atoms with Crippen LogP contribution < -0.4 is 16.3 Å². The summed E-state index contributed by atoms with van der Waals surface area (Å²) >= 11 is 12.1. The number of carboxylic acids is 1. The van der Waals surface area contributed by atoms with E-state index in [4.69, 9.17) is 23.2 Å². The average molecular weight is 593 g/mol. The summed E-state index contributed by atoms with van der Waals surface area (Å²) in [7, 11) is 0. The molecule has 0 bridgehead atoms. The Hall–Kier alpha value is -3.64. The predicted molar refractivity (Wildman–Crippen MR) is 148 cm³/mol. The number of nitrogens with zero attached hydrogens (tertiary/aromatic N) is 4. The number of likely N-dealkylation sites (tertiary alicyclic amines) is 2. The predicted octanol–water partition coefficient (Wildman–Crippen LogP) is 2.69. The standard InChI is InChI=1S/C26H30Cl2N6O6/c27-17-5-4-6-18(28)21(17)22(35)30-20-9-14-34(26(40)31-20)15-19(24(37)38)29-25(39)33-12-7-16(8-13-33)23(36)32-10-2-1-3-11-32/h4-6,9,14,16,19H,1-3,7-8,10-13,15H2,(H,29,39)(H,37,38)(H,30,31,35,40)/t19-/m0/s1. The fraction of sp³-hybridized carbons (Fsp3) is 0.462. The highest BCUT2D eigenvalue weighted by Crippen LogP contribution is 2.25. The highest BCUT2D eigenvalue weighted by molar-refractivity contribution is 6.40. The summed E-state index contributed by atoms with van der Waals surface area (Å²) in [6.07, 6.45) is 5.44. The van der Waals surface area contributed by atoms with Crippen molar-refractivity contribution >= 4 is 52.8 Å². The van der Waals surface area contributed by atoms with Crippen LogP contribution in [0.15, 0.2) is 35.3 Å². The average Bonchev–Trinajstić information content (AvgIpc) is 2.94. The van der Waals surface area contributed by atoms with Gasteiger partial charge in [0.2, 0.25) is 5.91 Å². The third-order valence-corrected chi connectivity index (χ3v) is 7.71. The van der Waals surface area contributed by atoms with Crippen molar-refractivity contribution in [2.75, 3.05) is 31.5 Å². The van der Waals surface area contributed by atoms with Crippen molar-refractivity contribution in [3.05, 3.63) is 56.6 Å². The number of aliphatic carboxylic acids is 1. The molecule has 4 amide bonds. The number of carbonyl (C=O) groups is 4. The number of rotatable bonds is 7. The largest absolute Gasteiger partial charge is 0.480 e.